The molecule has 1 aromatic carbocycles. The van der Waals surface area contributed by atoms with Gasteiger partial charge < -0.3 is 18.9 Å². The van der Waals surface area contributed by atoms with Gasteiger partial charge in [-0.1, -0.05) is 34.6 Å². The molecule has 1 aromatic rings. The highest BCUT2D eigenvalue weighted by Crippen LogP contribution is 2.17. The van der Waals surface area contributed by atoms with Gasteiger partial charge in [0.05, 0.1) is 13.2 Å². The van der Waals surface area contributed by atoms with Crippen molar-refractivity contribution >= 4 is 0 Å². The van der Waals surface area contributed by atoms with Crippen molar-refractivity contribution in [2.75, 3.05) is 39.6 Å². The zero-order valence-corrected chi connectivity index (χ0v) is 15.9. The number of ether oxygens (including phenoxy) is 4. The zero-order valence-electron chi connectivity index (χ0n) is 15.9. The van der Waals surface area contributed by atoms with E-state index >= 15 is 0 Å². The minimum atomic E-state index is 0.568. The van der Waals surface area contributed by atoms with Crippen molar-refractivity contribution in [2.45, 2.75) is 48.0 Å². The molecule has 0 spiro atoms. The second kappa shape index (κ2) is 20.7. The van der Waals surface area contributed by atoms with E-state index in [1.807, 2.05) is 58.9 Å². The van der Waals surface area contributed by atoms with Crippen molar-refractivity contribution in [3.05, 3.63) is 24.3 Å². The van der Waals surface area contributed by atoms with Crippen LogP contribution in [0, 0.1) is 0 Å². The largest absolute Gasteiger partial charge is 0.491 e. The second-order valence-corrected chi connectivity index (χ2v) is 3.98. The van der Waals surface area contributed by atoms with Crippen molar-refractivity contribution in [2.24, 2.45) is 0 Å². The van der Waals surface area contributed by atoms with Gasteiger partial charge in [0.1, 0.15) is 24.7 Å². The van der Waals surface area contributed by atoms with Gasteiger partial charge in [-0.2, -0.15) is 0 Å². The van der Waals surface area contributed by atoms with Crippen LogP contribution < -0.4 is 9.47 Å². The maximum Gasteiger partial charge on any atom is 0.119 e. The summed E-state index contributed by atoms with van der Waals surface area (Å²) in [6.45, 7) is 15.9. The minimum absolute atomic E-state index is 0.568. The highest BCUT2D eigenvalue weighted by atomic mass is 16.5. The van der Waals surface area contributed by atoms with Crippen LogP contribution in [-0.2, 0) is 9.47 Å². The van der Waals surface area contributed by atoms with Gasteiger partial charge in [0, 0.05) is 13.2 Å². The Kier molecular flexibility index (Phi) is 21.6. The van der Waals surface area contributed by atoms with Gasteiger partial charge in [-0.05, 0) is 37.6 Å². The SMILES string of the molecule is CC.CC.CCCOCCOc1ccc(OCCOCC)cc1. The lowest BCUT2D eigenvalue weighted by molar-refractivity contribution is 0.100. The lowest BCUT2D eigenvalue weighted by Crippen LogP contribution is -2.07. The average molecular weight is 328 g/mol. The first-order valence-electron chi connectivity index (χ1n) is 8.88. The molecule has 0 amide bonds. The van der Waals surface area contributed by atoms with Crippen molar-refractivity contribution in [3.8, 4) is 11.5 Å². The highest BCUT2D eigenvalue weighted by molar-refractivity contribution is 5.31. The Balaban J connectivity index is 0. The molecule has 136 valence electrons. The van der Waals surface area contributed by atoms with Gasteiger partial charge in [-0.15, -0.1) is 0 Å². The molecular weight excluding hydrogens is 292 g/mol. The predicted octanol–water partition coefficient (Wildman–Crippen LogP) is 4.96. The van der Waals surface area contributed by atoms with Gasteiger partial charge in [0.15, 0.2) is 0 Å². The van der Waals surface area contributed by atoms with Crippen LogP contribution in [-0.4, -0.2) is 39.6 Å². The molecule has 0 unspecified atom stereocenters. The van der Waals surface area contributed by atoms with Gasteiger partial charge in [-0.3, -0.25) is 0 Å². The van der Waals surface area contributed by atoms with Crippen LogP contribution in [0.25, 0.3) is 0 Å². The smallest absolute Gasteiger partial charge is 0.119 e. The third-order valence-electron chi connectivity index (χ3n) is 2.37. The van der Waals surface area contributed by atoms with E-state index in [-0.39, 0.29) is 0 Å². The molecule has 4 nitrogen and oxygen atoms in total. The minimum Gasteiger partial charge on any atom is -0.491 e. The number of hydrogen-bond acceptors (Lipinski definition) is 4. The summed E-state index contributed by atoms with van der Waals surface area (Å²) in [5.74, 6) is 1.66. The maximum atomic E-state index is 5.55. The topological polar surface area (TPSA) is 36.9 Å². The standard InChI is InChI=1S/C15H24O4.2C2H6/c1-3-9-17-11-13-19-15-7-5-14(6-8-15)18-12-10-16-4-2;2*1-2/h5-8H,3-4,9-13H2,1-2H3;2*1-2H3. The van der Waals surface area contributed by atoms with Crippen molar-refractivity contribution in [1.82, 2.24) is 0 Å². The lowest BCUT2D eigenvalue weighted by atomic mass is 10.3. The van der Waals surface area contributed by atoms with Crippen LogP contribution in [0.3, 0.4) is 0 Å². The molecule has 23 heavy (non-hydrogen) atoms. The Morgan fingerprint density at radius 3 is 1.43 bits per heavy atom. The van der Waals surface area contributed by atoms with Crippen LogP contribution in [0.1, 0.15) is 48.0 Å². The van der Waals surface area contributed by atoms with Crippen LogP contribution in [0.4, 0.5) is 0 Å². The number of rotatable bonds is 11. The fourth-order valence-corrected chi connectivity index (χ4v) is 1.46. The third-order valence-corrected chi connectivity index (χ3v) is 2.37. The second-order valence-electron chi connectivity index (χ2n) is 3.98. The molecule has 0 N–H and O–H groups in total. The molecule has 0 saturated carbocycles. The fourth-order valence-electron chi connectivity index (χ4n) is 1.46. The first kappa shape index (κ1) is 24.0. The summed E-state index contributed by atoms with van der Waals surface area (Å²) < 4.78 is 21.6. The molecule has 4 heteroatoms. The molecule has 0 atom stereocenters. The van der Waals surface area contributed by atoms with Gasteiger partial charge >= 0.3 is 0 Å². The van der Waals surface area contributed by atoms with E-state index < -0.39 is 0 Å². The van der Waals surface area contributed by atoms with Crippen LogP contribution in [0.5, 0.6) is 11.5 Å². The summed E-state index contributed by atoms with van der Waals surface area (Å²) in [5.41, 5.74) is 0. The Morgan fingerprint density at radius 1 is 0.609 bits per heavy atom. The van der Waals surface area contributed by atoms with E-state index in [0.29, 0.717) is 26.4 Å². The first-order chi connectivity index (χ1) is 11.4. The molecule has 1 rings (SSSR count). The Hall–Kier alpha value is -1.26. The average Bonchev–Trinajstić information content (AvgIpc) is 2.63. The Bertz CT molecular complexity index is 312. The fraction of sp³-hybridized carbons (Fsp3) is 0.684. The van der Waals surface area contributed by atoms with Gasteiger partial charge in [0.2, 0.25) is 0 Å². The van der Waals surface area contributed by atoms with E-state index in [4.69, 9.17) is 18.9 Å². The molecule has 0 aromatic heterocycles. The molecule has 0 bridgehead atoms. The molecule has 0 saturated heterocycles. The zero-order chi connectivity index (χ0) is 17.8. The van der Waals surface area contributed by atoms with Crippen molar-refractivity contribution in [3.63, 3.8) is 0 Å². The van der Waals surface area contributed by atoms with Crippen LogP contribution in [0.2, 0.25) is 0 Å². The summed E-state index contributed by atoms with van der Waals surface area (Å²) in [5, 5.41) is 0. The monoisotopic (exact) mass is 328 g/mol. The molecule has 0 aliphatic rings. The Labute approximate surface area is 143 Å². The first-order valence-corrected chi connectivity index (χ1v) is 8.88. The third kappa shape index (κ3) is 15.4. The van der Waals surface area contributed by atoms with Crippen LogP contribution in [0.15, 0.2) is 24.3 Å². The van der Waals surface area contributed by atoms with Crippen molar-refractivity contribution in [1.29, 1.82) is 0 Å². The predicted molar refractivity (Wildman–Crippen MR) is 97.7 cm³/mol. The number of benzene rings is 1. The summed E-state index contributed by atoms with van der Waals surface area (Å²) >= 11 is 0. The summed E-state index contributed by atoms with van der Waals surface area (Å²) in [6, 6.07) is 7.59. The van der Waals surface area contributed by atoms with Crippen molar-refractivity contribution < 1.29 is 18.9 Å². The quantitative estimate of drug-likeness (QED) is 0.538. The summed E-state index contributed by atoms with van der Waals surface area (Å²) in [6.07, 6.45) is 1.04. The summed E-state index contributed by atoms with van der Waals surface area (Å²) in [4.78, 5) is 0. The van der Waals surface area contributed by atoms with E-state index in [2.05, 4.69) is 6.92 Å². The molecule has 0 aliphatic carbocycles. The lowest BCUT2D eigenvalue weighted by Gasteiger charge is -2.09. The molecule has 0 heterocycles. The maximum absolute atomic E-state index is 5.55. The molecular formula is C19H36O4. The van der Waals surface area contributed by atoms with Crippen LogP contribution >= 0.6 is 0 Å². The number of hydrogen-bond donors (Lipinski definition) is 0. The van der Waals surface area contributed by atoms with E-state index in [9.17, 15) is 0 Å². The highest BCUT2D eigenvalue weighted by Gasteiger charge is 1.97. The molecule has 0 aliphatic heterocycles. The van der Waals surface area contributed by atoms with Gasteiger partial charge in [0.25, 0.3) is 0 Å². The van der Waals surface area contributed by atoms with E-state index in [1.165, 1.54) is 0 Å². The molecule has 0 radical (unpaired) electrons. The van der Waals surface area contributed by atoms with E-state index in [0.717, 1.165) is 31.1 Å². The molecule has 0 fully saturated rings. The Morgan fingerprint density at radius 2 is 1.04 bits per heavy atom. The van der Waals surface area contributed by atoms with E-state index in [1.54, 1.807) is 0 Å². The summed E-state index contributed by atoms with van der Waals surface area (Å²) in [7, 11) is 0. The van der Waals surface area contributed by atoms with Gasteiger partial charge in [-0.25, -0.2) is 0 Å². The normalized spacial score (nSPS) is 9.13.